The standard InChI is InChI=1S/C6H12O2S/c1-6(3-2-4-6)5-9(7)8/h2-5H2,1H3,(H,7,8). The Balaban J connectivity index is 2.33. The zero-order valence-electron chi connectivity index (χ0n) is 5.59. The minimum absolute atomic E-state index is 0.194. The highest BCUT2D eigenvalue weighted by Crippen LogP contribution is 2.40. The van der Waals surface area contributed by atoms with Crippen LogP contribution in [0.5, 0.6) is 0 Å². The molecule has 0 saturated heterocycles. The van der Waals surface area contributed by atoms with E-state index in [9.17, 15) is 4.21 Å². The Hall–Kier alpha value is 0.110. The van der Waals surface area contributed by atoms with Gasteiger partial charge in [0.15, 0.2) is 11.1 Å². The Kier molecular flexibility index (Phi) is 1.91. The molecule has 0 radical (unpaired) electrons. The third kappa shape index (κ3) is 1.76. The summed E-state index contributed by atoms with van der Waals surface area (Å²) in [5.41, 5.74) is 0.194. The van der Waals surface area contributed by atoms with Crippen LogP contribution in [-0.4, -0.2) is 14.5 Å². The van der Waals surface area contributed by atoms with Crippen molar-refractivity contribution in [2.24, 2.45) is 5.41 Å². The fourth-order valence-corrected chi connectivity index (χ4v) is 2.11. The first-order chi connectivity index (χ1) is 4.12. The van der Waals surface area contributed by atoms with E-state index in [1.807, 2.05) is 0 Å². The van der Waals surface area contributed by atoms with Crippen LogP contribution in [0.3, 0.4) is 0 Å². The largest absolute Gasteiger partial charge is 0.306 e. The van der Waals surface area contributed by atoms with Gasteiger partial charge in [0, 0.05) is 0 Å². The lowest BCUT2D eigenvalue weighted by Crippen LogP contribution is -2.31. The number of rotatable bonds is 2. The molecule has 0 spiro atoms. The van der Waals surface area contributed by atoms with Gasteiger partial charge in [0.1, 0.15) is 0 Å². The molecule has 0 heterocycles. The normalized spacial score (nSPS) is 26.9. The molecule has 0 bridgehead atoms. The Labute approximate surface area is 57.9 Å². The molecule has 2 nitrogen and oxygen atoms in total. The van der Waals surface area contributed by atoms with E-state index in [0.717, 1.165) is 12.8 Å². The lowest BCUT2D eigenvalue weighted by atomic mass is 9.72. The van der Waals surface area contributed by atoms with Crippen molar-refractivity contribution >= 4 is 11.1 Å². The minimum Gasteiger partial charge on any atom is -0.306 e. The summed E-state index contributed by atoms with van der Waals surface area (Å²) in [7, 11) is 0. The molecule has 0 aromatic rings. The van der Waals surface area contributed by atoms with E-state index in [-0.39, 0.29) is 5.41 Å². The van der Waals surface area contributed by atoms with E-state index in [4.69, 9.17) is 4.55 Å². The second-order valence-corrected chi connectivity index (χ2v) is 4.06. The molecule has 0 aromatic carbocycles. The average molecular weight is 148 g/mol. The van der Waals surface area contributed by atoms with Gasteiger partial charge in [-0.2, -0.15) is 0 Å². The first kappa shape index (κ1) is 7.22. The first-order valence-electron chi connectivity index (χ1n) is 3.20. The molecule has 1 N–H and O–H groups in total. The topological polar surface area (TPSA) is 37.3 Å². The summed E-state index contributed by atoms with van der Waals surface area (Å²) >= 11 is -1.58. The van der Waals surface area contributed by atoms with Crippen molar-refractivity contribution in [3.63, 3.8) is 0 Å². The summed E-state index contributed by atoms with van der Waals surface area (Å²) in [5.74, 6) is 0.465. The molecule has 54 valence electrons. The van der Waals surface area contributed by atoms with Gasteiger partial charge in [-0.3, -0.25) is 0 Å². The van der Waals surface area contributed by atoms with E-state index in [2.05, 4.69) is 6.92 Å². The smallest absolute Gasteiger partial charge is 0.153 e. The predicted molar refractivity (Wildman–Crippen MR) is 37.6 cm³/mol. The third-order valence-electron chi connectivity index (χ3n) is 2.03. The van der Waals surface area contributed by atoms with Crippen LogP contribution in [0.25, 0.3) is 0 Å². The molecule has 1 atom stereocenters. The van der Waals surface area contributed by atoms with Crippen LogP contribution in [0.1, 0.15) is 26.2 Å². The van der Waals surface area contributed by atoms with Crippen molar-refractivity contribution in [2.75, 3.05) is 5.75 Å². The fraction of sp³-hybridized carbons (Fsp3) is 1.00. The highest BCUT2D eigenvalue weighted by Gasteiger charge is 2.33. The van der Waals surface area contributed by atoms with Crippen LogP contribution in [0.4, 0.5) is 0 Å². The predicted octanol–water partition coefficient (Wildman–Crippen LogP) is 1.40. The molecule has 0 aromatic heterocycles. The minimum atomic E-state index is -1.58. The quantitative estimate of drug-likeness (QED) is 0.601. The Morgan fingerprint density at radius 2 is 2.22 bits per heavy atom. The Bertz CT molecular complexity index is 129. The fourth-order valence-electron chi connectivity index (χ4n) is 1.22. The lowest BCUT2D eigenvalue weighted by Gasteiger charge is -2.36. The van der Waals surface area contributed by atoms with Gasteiger partial charge >= 0.3 is 0 Å². The molecule has 1 rings (SSSR count). The van der Waals surface area contributed by atoms with Crippen LogP contribution in [0, 0.1) is 5.41 Å². The van der Waals surface area contributed by atoms with Gasteiger partial charge in [-0.05, 0) is 18.3 Å². The average Bonchev–Trinajstić information content (AvgIpc) is 1.60. The molecule has 1 unspecified atom stereocenters. The third-order valence-corrected chi connectivity index (χ3v) is 2.98. The molecule has 9 heavy (non-hydrogen) atoms. The van der Waals surface area contributed by atoms with Gasteiger partial charge in [0.05, 0.1) is 5.75 Å². The summed E-state index contributed by atoms with van der Waals surface area (Å²) in [6.07, 6.45) is 3.48. The highest BCUT2D eigenvalue weighted by atomic mass is 32.2. The molecule has 0 amide bonds. The van der Waals surface area contributed by atoms with Gasteiger partial charge in [-0.25, -0.2) is 4.21 Å². The lowest BCUT2D eigenvalue weighted by molar-refractivity contribution is 0.193. The van der Waals surface area contributed by atoms with Crippen molar-refractivity contribution in [1.29, 1.82) is 0 Å². The van der Waals surface area contributed by atoms with Crippen molar-refractivity contribution in [1.82, 2.24) is 0 Å². The van der Waals surface area contributed by atoms with Gasteiger partial charge < -0.3 is 4.55 Å². The van der Waals surface area contributed by atoms with Crippen molar-refractivity contribution in [3.05, 3.63) is 0 Å². The van der Waals surface area contributed by atoms with E-state index in [1.165, 1.54) is 6.42 Å². The second-order valence-electron chi connectivity index (χ2n) is 3.13. The maximum absolute atomic E-state index is 10.3. The summed E-state index contributed by atoms with van der Waals surface area (Å²) in [5, 5.41) is 0. The maximum Gasteiger partial charge on any atom is 0.153 e. The highest BCUT2D eigenvalue weighted by molar-refractivity contribution is 7.79. The first-order valence-corrected chi connectivity index (χ1v) is 4.47. The molecule has 3 heteroatoms. The van der Waals surface area contributed by atoms with Gasteiger partial charge in [0.25, 0.3) is 0 Å². The number of hydrogen-bond acceptors (Lipinski definition) is 1. The van der Waals surface area contributed by atoms with E-state index in [1.54, 1.807) is 0 Å². The maximum atomic E-state index is 10.3. The monoisotopic (exact) mass is 148 g/mol. The van der Waals surface area contributed by atoms with Crippen LogP contribution < -0.4 is 0 Å². The molecule has 1 aliphatic carbocycles. The van der Waals surface area contributed by atoms with Gasteiger partial charge in [0.2, 0.25) is 0 Å². The van der Waals surface area contributed by atoms with E-state index >= 15 is 0 Å². The molecular weight excluding hydrogens is 136 g/mol. The molecule has 1 saturated carbocycles. The van der Waals surface area contributed by atoms with Crippen LogP contribution in [-0.2, 0) is 11.1 Å². The Morgan fingerprint density at radius 1 is 1.67 bits per heavy atom. The van der Waals surface area contributed by atoms with E-state index < -0.39 is 11.1 Å². The van der Waals surface area contributed by atoms with Crippen LogP contribution in [0.2, 0.25) is 0 Å². The van der Waals surface area contributed by atoms with Crippen molar-refractivity contribution in [2.45, 2.75) is 26.2 Å². The second kappa shape index (κ2) is 2.39. The van der Waals surface area contributed by atoms with Gasteiger partial charge in [-0.15, -0.1) is 0 Å². The van der Waals surface area contributed by atoms with Gasteiger partial charge in [-0.1, -0.05) is 13.3 Å². The Morgan fingerprint density at radius 3 is 2.33 bits per heavy atom. The number of hydrogen-bond donors (Lipinski definition) is 1. The molecule has 1 fully saturated rings. The van der Waals surface area contributed by atoms with Crippen molar-refractivity contribution in [3.8, 4) is 0 Å². The summed E-state index contributed by atoms with van der Waals surface area (Å²) < 4.78 is 18.8. The molecule has 0 aliphatic heterocycles. The zero-order chi connectivity index (χ0) is 6.91. The van der Waals surface area contributed by atoms with Crippen molar-refractivity contribution < 1.29 is 8.76 Å². The van der Waals surface area contributed by atoms with Crippen LogP contribution in [0.15, 0.2) is 0 Å². The SMILES string of the molecule is CC1(CS(=O)O)CCC1. The molecule has 1 aliphatic rings. The summed E-state index contributed by atoms with van der Waals surface area (Å²) in [6, 6.07) is 0. The zero-order valence-corrected chi connectivity index (χ0v) is 6.41. The van der Waals surface area contributed by atoms with E-state index in [0.29, 0.717) is 5.75 Å². The summed E-state index contributed by atoms with van der Waals surface area (Å²) in [6.45, 7) is 2.07. The van der Waals surface area contributed by atoms with Crippen LogP contribution >= 0.6 is 0 Å². The molecular formula is C6H12O2S. The summed E-state index contributed by atoms with van der Waals surface area (Å²) in [4.78, 5) is 0.